The minimum atomic E-state index is -0.880. The first-order chi connectivity index (χ1) is 9.00. The third kappa shape index (κ3) is 5.94. The zero-order valence-electron chi connectivity index (χ0n) is 12.0. The Balaban J connectivity index is 2.46. The van der Waals surface area contributed by atoms with Crippen molar-refractivity contribution >= 4 is 12.0 Å². The van der Waals surface area contributed by atoms with Crippen molar-refractivity contribution in [1.29, 1.82) is 0 Å². The molecule has 2 amide bonds. The van der Waals surface area contributed by atoms with Crippen LogP contribution in [-0.2, 0) is 4.79 Å². The van der Waals surface area contributed by atoms with E-state index in [1.54, 1.807) is 0 Å². The summed E-state index contributed by atoms with van der Waals surface area (Å²) in [5.74, 6) is -0.314. The summed E-state index contributed by atoms with van der Waals surface area (Å²) < 4.78 is 0. The smallest absolute Gasteiger partial charge is 0.317 e. The van der Waals surface area contributed by atoms with E-state index in [2.05, 4.69) is 19.2 Å². The summed E-state index contributed by atoms with van der Waals surface area (Å²) in [5.41, 5.74) is 0. The number of amides is 2. The zero-order valence-corrected chi connectivity index (χ0v) is 12.0. The Morgan fingerprint density at radius 1 is 1.32 bits per heavy atom. The first-order valence-electron chi connectivity index (χ1n) is 7.27. The number of carbonyl (C=O) groups is 2. The van der Waals surface area contributed by atoms with E-state index < -0.39 is 5.97 Å². The standard InChI is InChI=1S/C14H26N2O3/c1-11(2)8-10-16(12-5-3-4-6-12)14(19)15-9-7-13(17)18/h11-12H,3-10H2,1-2H3,(H,15,19)(H,17,18). The summed E-state index contributed by atoms with van der Waals surface area (Å²) >= 11 is 0. The van der Waals surface area contributed by atoms with Crippen molar-refractivity contribution in [3.8, 4) is 0 Å². The molecule has 0 heterocycles. The highest BCUT2D eigenvalue weighted by atomic mass is 16.4. The molecule has 1 saturated carbocycles. The first kappa shape index (κ1) is 15.8. The van der Waals surface area contributed by atoms with Gasteiger partial charge in [-0.3, -0.25) is 4.79 Å². The van der Waals surface area contributed by atoms with Crippen LogP contribution in [0.3, 0.4) is 0 Å². The normalized spacial score (nSPS) is 15.7. The van der Waals surface area contributed by atoms with Gasteiger partial charge < -0.3 is 15.3 Å². The van der Waals surface area contributed by atoms with Gasteiger partial charge in [0.2, 0.25) is 0 Å². The lowest BCUT2D eigenvalue weighted by Gasteiger charge is -2.29. The summed E-state index contributed by atoms with van der Waals surface area (Å²) in [4.78, 5) is 24.5. The number of nitrogens with one attached hydrogen (secondary N) is 1. The zero-order chi connectivity index (χ0) is 14.3. The van der Waals surface area contributed by atoms with Crippen LogP contribution in [0.5, 0.6) is 0 Å². The van der Waals surface area contributed by atoms with Crippen LogP contribution in [0.25, 0.3) is 0 Å². The van der Waals surface area contributed by atoms with Crippen LogP contribution >= 0.6 is 0 Å². The van der Waals surface area contributed by atoms with Gasteiger partial charge >= 0.3 is 12.0 Å². The molecule has 5 nitrogen and oxygen atoms in total. The fraction of sp³-hybridized carbons (Fsp3) is 0.857. The van der Waals surface area contributed by atoms with Crippen LogP contribution in [0, 0.1) is 5.92 Å². The van der Waals surface area contributed by atoms with Crippen molar-refractivity contribution in [3.05, 3.63) is 0 Å². The van der Waals surface area contributed by atoms with Crippen LogP contribution in [0.1, 0.15) is 52.4 Å². The Morgan fingerprint density at radius 3 is 2.47 bits per heavy atom. The average molecular weight is 270 g/mol. The number of rotatable bonds is 7. The molecule has 19 heavy (non-hydrogen) atoms. The lowest BCUT2D eigenvalue weighted by molar-refractivity contribution is -0.136. The van der Waals surface area contributed by atoms with E-state index in [-0.39, 0.29) is 19.0 Å². The first-order valence-corrected chi connectivity index (χ1v) is 7.27. The molecule has 2 N–H and O–H groups in total. The second-order valence-corrected chi connectivity index (χ2v) is 5.69. The van der Waals surface area contributed by atoms with E-state index in [9.17, 15) is 9.59 Å². The van der Waals surface area contributed by atoms with Crippen molar-refractivity contribution in [2.45, 2.75) is 58.4 Å². The highest BCUT2D eigenvalue weighted by molar-refractivity contribution is 5.75. The number of aliphatic carboxylic acids is 1. The number of carbonyl (C=O) groups excluding carboxylic acids is 1. The summed E-state index contributed by atoms with van der Waals surface area (Å²) in [6, 6.07) is 0.234. The van der Waals surface area contributed by atoms with Gasteiger partial charge in [0.05, 0.1) is 6.42 Å². The number of hydrogen-bond donors (Lipinski definition) is 2. The molecule has 0 aromatic carbocycles. The molecule has 0 aromatic heterocycles. The second-order valence-electron chi connectivity index (χ2n) is 5.69. The molecule has 0 unspecified atom stereocenters. The van der Waals surface area contributed by atoms with Crippen molar-refractivity contribution in [2.24, 2.45) is 5.92 Å². The number of nitrogens with zero attached hydrogens (tertiary/aromatic N) is 1. The maximum absolute atomic E-state index is 12.1. The largest absolute Gasteiger partial charge is 0.481 e. The molecule has 1 aliphatic rings. The summed E-state index contributed by atoms with van der Waals surface area (Å²) in [6.07, 6.45) is 5.49. The van der Waals surface area contributed by atoms with Crippen molar-refractivity contribution in [3.63, 3.8) is 0 Å². The molecule has 0 aromatic rings. The molecule has 0 radical (unpaired) electrons. The Labute approximate surface area is 115 Å². The molecule has 0 aliphatic heterocycles. The molecule has 0 bridgehead atoms. The van der Waals surface area contributed by atoms with Gasteiger partial charge in [0.1, 0.15) is 0 Å². The molecule has 110 valence electrons. The molecule has 0 atom stereocenters. The van der Waals surface area contributed by atoms with Gasteiger partial charge in [-0.05, 0) is 25.2 Å². The van der Waals surface area contributed by atoms with Crippen molar-refractivity contribution in [2.75, 3.05) is 13.1 Å². The maximum Gasteiger partial charge on any atom is 0.317 e. The van der Waals surface area contributed by atoms with Crippen LogP contribution in [0.15, 0.2) is 0 Å². The minimum Gasteiger partial charge on any atom is -0.481 e. The molecular weight excluding hydrogens is 244 g/mol. The lowest BCUT2D eigenvalue weighted by Crippen LogP contribution is -2.46. The van der Waals surface area contributed by atoms with Gasteiger partial charge in [0, 0.05) is 19.1 Å². The highest BCUT2D eigenvalue weighted by Gasteiger charge is 2.26. The summed E-state index contributed by atoms with van der Waals surface area (Å²) in [5, 5.41) is 11.3. The quantitative estimate of drug-likeness (QED) is 0.746. The fourth-order valence-electron chi connectivity index (χ4n) is 2.44. The van der Waals surface area contributed by atoms with Gasteiger partial charge in [-0.25, -0.2) is 4.79 Å². The molecule has 1 aliphatic carbocycles. The summed E-state index contributed by atoms with van der Waals surface area (Å²) in [7, 11) is 0. The SMILES string of the molecule is CC(C)CCN(C(=O)NCCC(=O)O)C1CCCC1. The Bertz CT molecular complexity index is 299. The van der Waals surface area contributed by atoms with Gasteiger partial charge in [0.15, 0.2) is 0 Å². The van der Waals surface area contributed by atoms with E-state index in [1.165, 1.54) is 12.8 Å². The number of hydrogen-bond acceptors (Lipinski definition) is 2. The molecule has 1 rings (SSSR count). The Hall–Kier alpha value is -1.26. The fourth-order valence-corrected chi connectivity index (χ4v) is 2.44. The predicted molar refractivity (Wildman–Crippen MR) is 74.1 cm³/mol. The van der Waals surface area contributed by atoms with E-state index in [0.29, 0.717) is 12.0 Å². The lowest BCUT2D eigenvalue weighted by atomic mass is 10.1. The molecule has 0 spiro atoms. The van der Waals surface area contributed by atoms with Gasteiger partial charge in [-0.1, -0.05) is 26.7 Å². The van der Waals surface area contributed by atoms with E-state index in [4.69, 9.17) is 5.11 Å². The van der Waals surface area contributed by atoms with Crippen LogP contribution in [0.2, 0.25) is 0 Å². The van der Waals surface area contributed by atoms with Gasteiger partial charge in [-0.2, -0.15) is 0 Å². The van der Waals surface area contributed by atoms with Crippen LogP contribution in [0.4, 0.5) is 4.79 Å². The van der Waals surface area contributed by atoms with Gasteiger partial charge in [0.25, 0.3) is 0 Å². The Kier molecular flexibility index (Phi) is 6.67. The number of urea groups is 1. The van der Waals surface area contributed by atoms with Crippen molar-refractivity contribution in [1.82, 2.24) is 10.2 Å². The number of carboxylic acid groups (broad SMARTS) is 1. The topological polar surface area (TPSA) is 69.6 Å². The average Bonchev–Trinajstić information content (AvgIpc) is 2.82. The summed E-state index contributed by atoms with van der Waals surface area (Å²) in [6.45, 7) is 5.27. The molecular formula is C14H26N2O3. The van der Waals surface area contributed by atoms with Crippen LogP contribution < -0.4 is 5.32 Å². The maximum atomic E-state index is 12.1. The predicted octanol–water partition coefficient (Wildman–Crippen LogP) is 2.46. The Morgan fingerprint density at radius 2 is 1.95 bits per heavy atom. The van der Waals surface area contributed by atoms with Crippen LogP contribution in [-0.4, -0.2) is 41.1 Å². The third-order valence-electron chi connectivity index (χ3n) is 3.59. The monoisotopic (exact) mass is 270 g/mol. The van der Waals surface area contributed by atoms with E-state index >= 15 is 0 Å². The minimum absolute atomic E-state index is 0.0194. The van der Waals surface area contributed by atoms with E-state index in [1.807, 2.05) is 4.90 Å². The molecule has 0 saturated heterocycles. The number of carboxylic acids is 1. The van der Waals surface area contributed by atoms with Crippen molar-refractivity contribution < 1.29 is 14.7 Å². The molecule has 5 heteroatoms. The highest BCUT2D eigenvalue weighted by Crippen LogP contribution is 2.24. The molecule has 1 fully saturated rings. The van der Waals surface area contributed by atoms with Gasteiger partial charge in [-0.15, -0.1) is 0 Å². The van der Waals surface area contributed by atoms with E-state index in [0.717, 1.165) is 25.8 Å². The second kappa shape index (κ2) is 8.02. The third-order valence-corrected chi connectivity index (χ3v) is 3.59.